The summed E-state index contributed by atoms with van der Waals surface area (Å²) in [4.78, 5) is 10.4. The Morgan fingerprint density at radius 1 is 1.32 bits per heavy atom. The Bertz CT molecular complexity index is 408. The summed E-state index contributed by atoms with van der Waals surface area (Å²) in [5.74, 6) is 0.196. The van der Waals surface area contributed by atoms with Gasteiger partial charge in [-0.1, -0.05) is 19.4 Å². The van der Waals surface area contributed by atoms with E-state index in [-0.39, 0.29) is 24.7 Å². The van der Waals surface area contributed by atoms with Crippen molar-refractivity contribution in [2.75, 3.05) is 19.8 Å². The van der Waals surface area contributed by atoms with Crippen LogP contribution < -0.4 is 4.74 Å². The van der Waals surface area contributed by atoms with Gasteiger partial charge in [0.15, 0.2) is 5.75 Å². The van der Waals surface area contributed by atoms with Crippen LogP contribution in [-0.4, -0.2) is 29.9 Å². The van der Waals surface area contributed by atoms with Crippen molar-refractivity contribution in [1.82, 2.24) is 0 Å². The minimum absolute atomic E-state index is 0.139. The van der Waals surface area contributed by atoms with Gasteiger partial charge < -0.3 is 14.6 Å². The summed E-state index contributed by atoms with van der Waals surface area (Å²) in [7, 11) is 0. The molecule has 0 spiro atoms. The molecule has 6 heteroatoms. The summed E-state index contributed by atoms with van der Waals surface area (Å²) in [6.45, 7) is 3.18. The molecule has 0 amide bonds. The van der Waals surface area contributed by atoms with Gasteiger partial charge in [-0.2, -0.15) is 0 Å². The van der Waals surface area contributed by atoms with E-state index in [9.17, 15) is 10.1 Å². The van der Waals surface area contributed by atoms with Crippen LogP contribution in [0.4, 0.5) is 5.69 Å². The van der Waals surface area contributed by atoms with Crippen molar-refractivity contribution >= 4 is 5.69 Å². The molecule has 0 aromatic heterocycles. The predicted octanol–water partition coefficient (Wildman–Crippen LogP) is 2.28. The maximum Gasteiger partial charge on any atom is 0.311 e. The second-order valence-electron chi connectivity index (χ2n) is 4.03. The molecule has 0 aliphatic rings. The number of rotatable bonds is 9. The summed E-state index contributed by atoms with van der Waals surface area (Å²) < 4.78 is 10.6. The Morgan fingerprint density at radius 2 is 2.11 bits per heavy atom. The van der Waals surface area contributed by atoms with Crippen molar-refractivity contribution < 1.29 is 19.5 Å². The van der Waals surface area contributed by atoms with Crippen molar-refractivity contribution in [3.8, 4) is 5.75 Å². The Hall–Kier alpha value is -1.66. The number of nitro groups is 1. The fourth-order valence-electron chi connectivity index (χ4n) is 1.49. The van der Waals surface area contributed by atoms with E-state index in [2.05, 4.69) is 6.92 Å². The minimum atomic E-state index is -0.521. The zero-order valence-electron chi connectivity index (χ0n) is 11.0. The lowest BCUT2D eigenvalue weighted by molar-refractivity contribution is -0.386. The van der Waals surface area contributed by atoms with E-state index in [0.29, 0.717) is 18.8 Å². The molecule has 19 heavy (non-hydrogen) atoms. The van der Waals surface area contributed by atoms with Crippen molar-refractivity contribution in [2.45, 2.75) is 26.4 Å². The maximum absolute atomic E-state index is 10.9. The van der Waals surface area contributed by atoms with Gasteiger partial charge in [-0.25, -0.2) is 0 Å². The molecule has 0 aliphatic carbocycles. The Labute approximate surface area is 112 Å². The van der Waals surface area contributed by atoms with Gasteiger partial charge >= 0.3 is 5.69 Å². The number of nitrogens with zero attached hydrogens (tertiary/aromatic N) is 1. The molecule has 1 aromatic rings. The number of nitro benzene ring substituents is 1. The number of unbranched alkanes of at least 4 members (excludes halogenated alkanes) is 1. The average Bonchev–Trinajstić information content (AvgIpc) is 2.42. The van der Waals surface area contributed by atoms with Gasteiger partial charge in [0.2, 0.25) is 0 Å². The first kappa shape index (κ1) is 15.4. The molecule has 1 N–H and O–H groups in total. The van der Waals surface area contributed by atoms with Gasteiger partial charge in [-0.15, -0.1) is 0 Å². The Kier molecular flexibility index (Phi) is 6.84. The molecule has 0 unspecified atom stereocenters. The first-order chi connectivity index (χ1) is 9.19. The fraction of sp³-hybridized carbons (Fsp3) is 0.538. The van der Waals surface area contributed by atoms with E-state index in [1.165, 1.54) is 12.1 Å². The van der Waals surface area contributed by atoms with Crippen molar-refractivity contribution in [2.24, 2.45) is 0 Å². The summed E-state index contributed by atoms with van der Waals surface area (Å²) in [6.07, 6.45) is 2.06. The van der Waals surface area contributed by atoms with Crippen molar-refractivity contribution in [1.29, 1.82) is 0 Å². The number of hydrogen-bond donors (Lipinski definition) is 1. The van der Waals surface area contributed by atoms with Gasteiger partial charge in [0.05, 0.1) is 18.1 Å². The van der Waals surface area contributed by atoms with Crippen LogP contribution in [0.1, 0.15) is 25.3 Å². The van der Waals surface area contributed by atoms with Gasteiger partial charge in [0.25, 0.3) is 0 Å². The van der Waals surface area contributed by atoms with Crippen molar-refractivity contribution in [3.63, 3.8) is 0 Å². The number of hydrogen-bond acceptors (Lipinski definition) is 5. The predicted molar refractivity (Wildman–Crippen MR) is 70.2 cm³/mol. The fourth-order valence-corrected chi connectivity index (χ4v) is 1.49. The van der Waals surface area contributed by atoms with Crippen LogP contribution in [0, 0.1) is 10.1 Å². The van der Waals surface area contributed by atoms with Crippen LogP contribution in [0.2, 0.25) is 0 Å². The summed E-state index contributed by atoms with van der Waals surface area (Å²) in [6, 6.07) is 4.41. The standard InChI is InChI=1S/C13H19NO5/c1-2-3-6-18-7-8-19-13-5-4-11(10-15)9-12(13)14(16)17/h4-5,9,15H,2-3,6-8,10H2,1H3. The zero-order chi connectivity index (χ0) is 14.1. The number of aliphatic hydroxyl groups is 1. The van der Waals surface area contributed by atoms with Gasteiger partial charge in [0.1, 0.15) is 6.61 Å². The van der Waals surface area contributed by atoms with Gasteiger partial charge in [-0.05, 0) is 18.1 Å². The zero-order valence-corrected chi connectivity index (χ0v) is 11.0. The van der Waals surface area contributed by atoms with E-state index < -0.39 is 4.92 Å². The third-order valence-electron chi connectivity index (χ3n) is 2.53. The molecule has 0 radical (unpaired) electrons. The molecule has 0 bridgehead atoms. The molecule has 0 aliphatic heterocycles. The lowest BCUT2D eigenvalue weighted by Gasteiger charge is -2.08. The van der Waals surface area contributed by atoms with Crippen LogP contribution in [-0.2, 0) is 11.3 Å². The minimum Gasteiger partial charge on any atom is -0.484 e. The Morgan fingerprint density at radius 3 is 2.74 bits per heavy atom. The first-order valence-electron chi connectivity index (χ1n) is 6.27. The SMILES string of the molecule is CCCCOCCOc1ccc(CO)cc1[N+](=O)[O-]. The van der Waals surface area contributed by atoms with Crippen molar-refractivity contribution in [3.05, 3.63) is 33.9 Å². The molecular formula is C13H19NO5. The van der Waals surface area contributed by atoms with Crippen LogP contribution in [0.3, 0.4) is 0 Å². The molecule has 1 rings (SSSR count). The third-order valence-corrected chi connectivity index (χ3v) is 2.53. The molecule has 0 saturated heterocycles. The van der Waals surface area contributed by atoms with E-state index in [4.69, 9.17) is 14.6 Å². The molecule has 1 aromatic carbocycles. The monoisotopic (exact) mass is 269 g/mol. The van der Waals surface area contributed by atoms with Crippen LogP contribution in [0.15, 0.2) is 18.2 Å². The lowest BCUT2D eigenvalue weighted by Crippen LogP contribution is -2.08. The average molecular weight is 269 g/mol. The highest BCUT2D eigenvalue weighted by Gasteiger charge is 2.15. The van der Waals surface area contributed by atoms with Gasteiger partial charge in [0, 0.05) is 12.7 Å². The highest BCUT2D eigenvalue weighted by atomic mass is 16.6. The third kappa shape index (κ3) is 5.23. The largest absolute Gasteiger partial charge is 0.484 e. The quantitative estimate of drug-likeness (QED) is 0.422. The molecular weight excluding hydrogens is 250 g/mol. The molecule has 106 valence electrons. The second-order valence-corrected chi connectivity index (χ2v) is 4.03. The highest BCUT2D eigenvalue weighted by Crippen LogP contribution is 2.27. The van der Waals surface area contributed by atoms with Crippen LogP contribution in [0.5, 0.6) is 5.75 Å². The maximum atomic E-state index is 10.9. The molecule has 0 heterocycles. The normalized spacial score (nSPS) is 10.4. The number of benzene rings is 1. The molecule has 0 saturated carbocycles. The second kappa shape index (κ2) is 8.44. The highest BCUT2D eigenvalue weighted by molar-refractivity contribution is 5.48. The summed E-state index contributed by atoms with van der Waals surface area (Å²) >= 11 is 0. The molecule has 0 atom stereocenters. The lowest BCUT2D eigenvalue weighted by atomic mass is 10.2. The smallest absolute Gasteiger partial charge is 0.311 e. The summed E-state index contributed by atoms with van der Waals surface area (Å²) in [5, 5.41) is 19.8. The Balaban J connectivity index is 2.50. The van der Waals surface area contributed by atoms with Crippen LogP contribution in [0.25, 0.3) is 0 Å². The van der Waals surface area contributed by atoms with E-state index >= 15 is 0 Å². The molecule has 6 nitrogen and oxygen atoms in total. The van der Waals surface area contributed by atoms with E-state index in [0.717, 1.165) is 12.8 Å². The molecule has 0 fully saturated rings. The van der Waals surface area contributed by atoms with E-state index in [1.54, 1.807) is 6.07 Å². The first-order valence-corrected chi connectivity index (χ1v) is 6.27. The number of ether oxygens (including phenoxy) is 2. The van der Waals surface area contributed by atoms with Gasteiger partial charge in [-0.3, -0.25) is 10.1 Å². The topological polar surface area (TPSA) is 81.8 Å². The van der Waals surface area contributed by atoms with E-state index in [1.807, 2.05) is 0 Å². The van der Waals surface area contributed by atoms with Crippen LogP contribution >= 0.6 is 0 Å². The number of aliphatic hydroxyl groups excluding tert-OH is 1. The summed E-state index contributed by atoms with van der Waals surface area (Å²) in [5.41, 5.74) is 0.346.